The van der Waals surface area contributed by atoms with E-state index in [2.05, 4.69) is 5.32 Å². The van der Waals surface area contributed by atoms with E-state index < -0.39 is 15.9 Å². The number of hydrogen-bond acceptors (Lipinski definition) is 4. The van der Waals surface area contributed by atoms with E-state index in [0.717, 1.165) is 21.1 Å². The Morgan fingerprint density at radius 2 is 1.76 bits per heavy atom. The van der Waals surface area contributed by atoms with Gasteiger partial charge in [-0.25, -0.2) is 12.7 Å². The molecule has 1 saturated heterocycles. The summed E-state index contributed by atoms with van der Waals surface area (Å²) < 4.78 is 24.7. The highest BCUT2D eigenvalue weighted by atomic mass is 32.2. The fraction of sp³-hybridized carbons (Fsp3) is 0.222. The van der Waals surface area contributed by atoms with Gasteiger partial charge in [-0.2, -0.15) is 0 Å². The Kier molecular flexibility index (Phi) is 4.34. The molecule has 2 amide bonds. The molecule has 0 spiro atoms. The molecule has 0 aliphatic carbocycles. The summed E-state index contributed by atoms with van der Waals surface area (Å²) in [5.41, 5.74) is 3.35. The molecule has 0 saturated carbocycles. The number of anilines is 2. The van der Waals surface area contributed by atoms with Gasteiger partial charge in [0.05, 0.1) is 11.4 Å². The van der Waals surface area contributed by atoms with Gasteiger partial charge in [0.15, 0.2) is 0 Å². The molecule has 1 aliphatic rings. The minimum Gasteiger partial charge on any atom is -0.322 e. The lowest BCUT2D eigenvalue weighted by Gasteiger charge is -2.15. The highest BCUT2D eigenvalue weighted by Gasteiger charge is 2.36. The number of rotatable bonds is 3. The van der Waals surface area contributed by atoms with Crippen LogP contribution in [0, 0.1) is 13.8 Å². The highest BCUT2D eigenvalue weighted by Crippen LogP contribution is 2.25. The SMILES string of the molecule is Cc1ccc(C)c(NC(=O)c2ccc(N3C(=O)CCS3(=O)=O)cc2)c1. The minimum absolute atomic E-state index is 0.0167. The van der Waals surface area contributed by atoms with Crippen LogP contribution in [0.25, 0.3) is 0 Å². The van der Waals surface area contributed by atoms with Gasteiger partial charge in [0.1, 0.15) is 0 Å². The Morgan fingerprint density at radius 3 is 2.36 bits per heavy atom. The number of amides is 2. The summed E-state index contributed by atoms with van der Waals surface area (Å²) in [4.78, 5) is 24.2. The number of nitrogens with one attached hydrogen (secondary N) is 1. The topological polar surface area (TPSA) is 83.6 Å². The number of benzene rings is 2. The first-order chi connectivity index (χ1) is 11.8. The van der Waals surface area contributed by atoms with Crippen LogP contribution >= 0.6 is 0 Å². The van der Waals surface area contributed by atoms with Crippen LogP contribution < -0.4 is 9.62 Å². The van der Waals surface area contributed by atoms with Crippen molar-refractivity contribution in [2.45, 2.75) is 20.3 Å². The third-order valence-corrected chi connectivity index (χ3v) is 5.77. The second-order valence-corrected chi connectivity index (χ2v) is 7.98. The molecule has 7 heteroatoms. The molecular weight excluding hydrogens is 340 g/mol. The quantitative estimate of drug-likeness (QED) is 0.914. The number of aryl methyl sites for hydroxylation is 2. The number of sulfonamides is 1. The van der Waals surface area contributed by atoms with Crippen molar-refractivity contribution in [3.63, 3.8) is 0 Å². The summed E-state index contributed by atoms with van der Waals surface area (Å²) in [7, 11) is -3.60. The van der Waals surface area contributed by atoms with Gasteiger partial charge >= 0.3 is 0 Å². The van der Waals surface area contributed by atoms with Crippen LogP contribution in [0.1, 0.15) is 27.9 Å². The smallest absolute Gasteiger partial charge is 0.255 e. The number of nitrogens with zero attached hydrogens (tertiary/aromatic N) is 1. The summed E-state index contributed by atoms with van der Waals surface area (Å²) in [5, 5.41) is 2.84. The van der Waals surface area contributed by atoms with Gasteiger partial charge in [-0.1, -0.05) is 12.1 Å². The first-order valence-electron chi connectivity index (χ1n) is 7.82. The van der Waals surface area contributed by atoms with Crippen molar-refractivity contribution in [2.24, 2.45) is 0 Å². The van der Waals surface area contributed by atoms with Crippen molar-refractivity contribution in [1.82, 2.24) is 0 Å². The Hall–Kier alpha value is -2.67. The average molecular weight is 358 g/mol. The van der Waals surface area contributed by atoms with E-state index >= 15 is 0 Å². The molecule has 1 heterocycles. The van der Waals surface area contributed by atoms with Gasteiger partial charge in [0.2, 0.25) is 15.9 Å². The molecule has 0 unspecified atom stereocenters. The minimum atomic E-state index is -3.60. The summed E-state index contributed by atoms with van der Waals surface area (Å²) in [6.45, 7) is 3.85. The van der Waals surface area contributed by atoms with E-state index in [1.807, 2.05) is 32.0 Å². The first-order valence-corrected chi connectivity index (χ1v) is 9.43. The fourth-order valence-corrected chi connectivity index (χ4v) is 4.14. The predicted molar refractivity (Wildman–Crippen MR) is 96.2 cm³/mol. The molecule has 2 aromatic carbocycles. The zero-order chi connectivity index (χ0) is 18.2. The fourth-order valence-electron chi connectivity index (χ4n) is 2.68. The van der Waals surface area contributed by atoms with Crippen molar-refractivity contribution in [3.8, 4) is 0 Å². The van der Waals surface area contributed by atoms with Gasteiger partial charge in [-0.05, 0) is 55.3 Å². The molecule has 2 aromatic rings. The van der Waals surface area contributed by atoms with E-state index in [1.165, 1.54) is 24.3 Å². The molecule has 130 valence electrons. The maximum Gasteiger partial charge on any atom is 0.255 e. The number of carbonyl (C=O) groups is 2. The molecular formula is C18H18N2O4S. The largest absolute Gasteiger partial charge is 0.322 e. The molecule has 3 rings (SSSR count). The van der Waals surface area contributed by atoms with Gasteiger partial charge in [-0.15, -0.1) is 0 Å². The number of hydrogen-bond donors (Lipinski definition) is 1. The lowest BCUT2D eigenvalue weighted by atomic mass is 10.1. The Labute approximate surface area is 146 Å². The van der Waals surface area contributed by atoms with Crippen LogP contribution in [0.15, 0.2) is 42.5 Å². The van der Waals surface area contributed by atoms with Crippen LogP contribution in [0.3, 0.4) is 0 Å². The zero-order valence-electron chi connectivity index (χ0n) is 13.9. The molecule has 25 heavy (non-hydrogen) atoms. The third-order valence-electron chi connectivity index (χ3n) is 4.08. The maximum atomic E-state index is 12.4. The Balaban J connectivity index is 1.82. The molecule has 0 aromatic heterocycles. The zero-order valence-corrected chi connectivity index (χ0v) is 14.8. The molecule has 1 fully saturated rings. The monoisotopic (exact) mass is 358 g/mol. The summed E-state index contributed by atoms with van der Waals surface area (Å²) in [5.74, 6) is -0.927. The van der Waals surface area contributed by atoms with Crippen LogP contribution in [-0.4, -0.2) is 26.0 Å². The summed E-state index contributed by atoms with van der Waals surface area (Å²) in [6, 6.07) is 11.7. The average Bonchev–Trinajstić information content (AvgIpc) is 2.84. The van der Waals surface area contributed by atoms with Gasteiger partial charge in [0, 0.05) is 17.7 Å². The van der Waals surface area contributed by atoms with Crippen LogP contribution in [0.5, 0.6) is 0 Å². The van der Waals surface area contributed by atoms with Crippen molar-refractivity contribution in [1.29, 1.82) is 0 Å². The van der Waals surface area contributed by atoms with E-state index in [0.29, 0.717) is 5.56 Å². The molecule has 0 bridgehead atoms. The van der Waals surface area contributed by atoms with Gasteiger partial charge in [-0.3, -0.25) is 9.59 Å². The van der Waals surface area contributed by atoms with Crippen LogP contribution in [-0.2, 0) is 14.8 Å². The highest BCUT2D eigenvalue weighted by molar-refractivity contribution is 7.94. The predicted octanol–water partition coefficient (Wildman–Crippen LogP) is 2.62. The standard InChI is InChI=1S/C18H18N2O4S/c1-12-3-4-13(2)16(11-12)19-18(22)14-5-7-15(8-6-14)20-17(21)9-10-25(20,23)24/h3-8,11H,9-10H2,1-2H3,(H,19,22). The molecule has 1 aliphatic heterocycles. The maximum absolute atomic E-state index is 12.4. The van der Waals surface area contributed by atoms with E-state index in [9.17, 15) is 18.0 Å². The second-order valence-electron chi connectivity index (χ2n) is 6.04. The van der Waals surface area contributed by atoms with Crippen LogP contribution in [0.4, 0.5) is 11.4 Å². The normalized spacial score (nSPS) is 16.1. The van der Waals surface area contributed by atoms with E-state index in [4.69, 9.17) is 0 Å². The molecule has 1 N–H and O–H groups in total. The van der Waals surface area contributed by atoms with E-state index in [1.54, 1.807) is 0 Å². The van der Waals surface area contributed by atoms with Crippen molar-refractivity contribution >= 4 is 33.2 Å². The molecule has 0 radical (unpaired) electrons. The van der Waals surface area contributed by atoms with Crippen molar-refractivity contribution < 1.29 is 18.0 Å². The summed E-state index contributed by atoms with van der Waals surface area (Å²) in [6.07, 6.45) is -0.0167. The number of carbonyl (C=O) groups excluding carboxylic acids is 2. The third kappa shape index (κ3) is 3.41. The molecule has 6 nitrogen and oxygen atoms in total. The van der Waals surface area contributed by atoms with Crippen molar-refractivity contribution in [2.75, 3.05) is 15.4 Å². The second kappa shape index (κ2) is 6.33. The Bertz CT molecular complexity index is 950. The Morgan fingerprint density at radius 1 is 1.08 bits per heavy atom. The van der Waals surface area contributed by atoms with Gasteiger partial charge in [0.25, 0.3) is 5.91 Å². The van der Waals surface area contributed by atoms with Crippen molar-refractivity contribution in [3.05, 3.63) is 59.2 Å². The molecule has 0 atom stereocenters. The lowest BCUT2D eigenvalue weighted by Crippen LogP contribution is -2.29. The summed E-state index contributed by atoms with van der Waals surface area (Å²) >= 11 is 0. The van der Waals surface area contributed by atoms with Gasteiger partial charge < -0.3 is 5.32 Å². The lowest BCUT2D eigenvalue weighted by molar-refractivity contribution is -0.116. The van der Waals surface area contributed by atoms with Crippen LogP contribution in [0.2, 0.25) is 0 Å². The first kappa shape index (κ1) is 17.2. The van der Waals surface area contributed by atoms with E-state index in [-0.39, 0.29) is 23.8 Å².